The number of nitrogens with two attached hydrogens (primary N) is 2. The van der Waals surface area contributed by atoms with Crippen LogP contribution in [0.25, 0.3) is 0 Å². The van der Waals surface area contributed by atoms with Crippen molar-refractivity contribution in [1.82, 2.24) is 9.80 Å². The predicted molar refractivity (Wildman–Crippen MR) is 138 cm³/mol. The molecule has 6 heteroatoms. The molecule has 6 nitrogen and oxygen atoms in total. The van der Waals surface area contributed by atoms with E-state index in [0.29, 0.717) is 6.54 Å². The molecule has 180 valence electrons. The number of hydrogen-bond acceptors (Lipinski definition) is 5. The van der Waals surface area contributed by atoms with Gasteiger partial charge in [0.25, 0.3) is 0 Å². The van der Waals surface area contributed by atoms with Crippen LogP contribution in [0, 0.1) is 19.3 Å². The van der Waals surface area contributed by atoms with Crippen LogP contribution >= 0.6 is 0 Å². The highest BCUT2D eigenvalue weighted by Gasteiger charge is 2.31. The Bertz CT molecular complexity index is 1010. The van der Waals surface area contributed by atoms with Crippen molar-refractivity contribution in [3.63, 3.8) is 0 Å². The fraction of sp³-hybridized carbons (Fsp3) is 0.519. The van der Waals surface area contributed by atoms with E-state index < -0.39 is 0 Å². The molecule has 1 aliphatic heterocycles. The third-order valence-corrected chi connectivity index (χ3v) is 6.94. The lowest BCUT2D eigenvalue weighted by Crippen LogP contribution is -2.34. The Labute approximate surface area is 199 Å². The quantitative estimate of drug-likeness (QED) is 0.408. The van der Waals surface area contributed by atoms with E-state index in [0.717, 1.165) is 43.0 Å². The van der Waals surface area contributed by atoms with Gasteiger partial charge in [-0.25, -0.2) is 5.84 Å². The summed E-state index contributed by atoms with van der Waals surface area (Å²) in [5.41, 5.74) is 14.2. The van der Waals surface area contributed by atoms with E-state index in [1.165, 1.54) is 22.3 Å². The van der Waals surface area contributed by atoms with Crippen molar-refractivity contribution in [3.8, 4) is 0 Å². The molecule has 1 amide bonds. The molecular formula is C27H41N5O. The van der Waals surface area contributed by atoms with E-state index in [2.05, 4.69) is 63.8 Å². The number of anilines is 2. The Morgan fingerprint density at radius 2 is 1.82 bits per heavy atom. The summed E-state index contributed by atoms with van der Waals surface area (Å²) in [6, 6.07) is 11.0. The molecule has 2 aromatic rings. The van der Waals surface area contributed by atoms with Gasteiger partial charge in [0.2, 0.25) is 5.91 Å². The molecule has 1 fully saturated rings. The Hall–Kier alpha value is -2.57. The highest BCUT2D eigenvalue weighted by atomic mass is 16.2. The minimum absolute atomic E-state index is 0.0128. The second-order valence-electron chi connectivity index (χ2n) is 10.7. The van der Waals surface area contributed by atoms with Crippen LogP contribution in [0.2, 0.25) is 0 Å². The molecule has 0 radical (unpaired) electrons. The number of hydrogen-bond donors (Lipinski definition) is 2. The molecule has 1 heterocycles. The van der Waals surface area contributed by atoms with Gasteiger partial charge in [-0.15, -0.1) is 0 Å². The normalized spacial score (nSPS) is 16.6. The van der Waals surface area contributed by atoms with Gasteiger partial charge in [-0.05, 0) is 59.6 Å². The van der Waals surface area contributed by atoms with Crippen molar-refractivity contribution < 1.29 is 4.79 Å². The van der Waals surface area contributed by atoms with Gasteiger partial charge < -0.3 is 15.6 Å². The van der Waals surface area contributed by atoms with Crippen LogP contribution in [-0.2, 0) is 11.3 Å². The molecule has 33 heavy (non-hydrogen) atoms. The van der Waals surface area contributed by atoms with Crippen molar-refractivity contribution in [2.45, 2.75) is 53.5 Å². The number of nitrogens with zero attached hydrogens (tertiary/aromatic N) is 3. The Kier molecular flexibility index (Phi) is 7.39. The number of amides is 1. The standard InChI is InChI=1S/C27H41N5O/c1-18-9-10-20(15-21(18)16-32-14-8-13-30(6)24(33)17-32)25(27(3,4)5)22-11-12-23(31(7)29)26(28)19(22)2/h9-12,15,25H,8,13-14,16-17,28-29H2,1-7H3. The van der Waals surface area contributed by atoms with E-state index in [1.54, 1.807) is 5.01 Å². The smallest absolute Gasteiger partial charge is 0.236 e. The Morgan fingerprint density at radius 3 is 2.45 bits per heavy atom. The van der Waals surface area contributed by atoms with E-state index in [9.17, 15) is 4.79 Å². The minimum atomic E-state index is -0.0128. The van der Waals surface area contributed by atoms with Gasteiger partial charge in [0.05, 0.1) is 17.9 Å². The lowest BCUT2D eigenvalue weighted by molar-refractivity contribution is -0.130. The average molecular weight is 452 g/mol. The second-order valence-corrected chi connectivity index (χ2v) is 10.7. The van der Waals surface area contributed by atoms with Gasteiger partial charge in [0.1, 0.15) is 0 Å². The van der Waals surface area contributed by atoms with Crippen molar-refractivity contribution in [1.29, 1.82) is 0 Å². The number of aryl methyl sites for hydroxylation is 1. The summed E-state index contributed by atoms with van der Waals surface area (Å²) >= 11 is 0. The number of likely N-dealkylation sites (N-methyl/N-ethyl adjacent to an activating group) is 1. The van der Waals surface area contributed by atoms with Crippen molar-refractivity contribution in [3.05, 3.63) is 58.1 Å². The maximum Gasteiger partial charge on any atom is 0.236 e. The number of hydrazine groups is 1. The van der Waals surface area contributed by atoms with Crippen LogP contribution in [0.3, 0.4) is 0 Å². The van der Waals surface area contributed by atoms with Gasteiger partial charge >= 0.3 is 0 Å². The third kappa shape index (κ3) is 5.50. The molecule has 0 spiro atoms. The first-order valence-corrected chi connectivity index (χ1v) is 11.8. The van der Waals surface area contributed by atoms with Crippen LogP contribution < -0.4 is 16.6 Å². The summed E-state index contributed by atoms with van der Waals surface area (Å²) in [6.07, 6.45) is 1.01. The van der Waals surface area contributed by atoms with Crippen LogP contribution in [-0.4, -0.2) is 49.4 Å². The highest BCUT2D eigenvalue weighted by molar-refractivity contribution is 5.78. The maximum absolute atomic E-state index is 12.4. The monoisotopic (exact) mass is 451 g/mol. The molecule has 2 aromatic carbocycles. The zero-order chi connectivity index (χ0) is 24.5. The Morgan fingerprint density at radius 1 is 1.12 bits per heavy atom. The second kappa shape index (κ2) is 9.74. The predicted octanol–water partition coefficient (Wildman–Crippen LogP) is 4.04. The molecule has 1 saturated heterocycles. The first kappa shape index (κ1) is 25.1. The fourth-order valence-corrected chi connectivity index (χ4v) is 4.96. The minimum Gasteiger partial charge on any atom is -0.397 e. The highest BCUT2D eigenvalue weighted by Crippen LogP contribution is 2.44. The van der Waals surface area contributed by atoms with E-state index >= 15 is 0 Å². The average Bonchev–Trinajstić information content (AvgIpc) is 2.87. The molecule has 1 atom stereocenters. The molecular weight excluding hydrogens is 410 g/mol. The van der Waals surface area contributed by atoms with E-state index in [4.69, 9.17) is 11.6 Å². The van der Waals surface area contributed by atoms with Gasteiger partial charge in [-0.1, -0.05) is 45.0 Å². The summed E-state index contributed by atoms with van der Waals surface area (Å²) in [4.78, 5) is 16.5. The van der Waals surface area contributed by atoms with Crippen molar-refractivity contribution >= 4 is 17.3 Å². The summed E-state index contributed by atoms with van der Waals surface area (Å²) in [7, 11) is 3.71. The summed E-state index contributed by atoms with van der Waals surface area (Å²) in [5.74, 6) is 6.36. The van der Waals surface area contributed by atoms with E-state index in [1.807, 2.05) is 25.1 Å². The number of rotatable bonds is 5. The number of nitrogen functional groups attached to an aromatic ring is 1. The van der Waals surface area contributed by atoms with Gasteiger partial charge in [0.15, 0.2) is 0 Å². The lowest BCUT2D eigenvalue weighted by atomic mass is 9.71. The Balaban J connectivity index is 2.01. The molecule has 1 unspecified atom stereocenters. The molecule has 0 aromatic heterocycles. The van der Waals surface area contributed by atoms with Gasteiger partial charge in [-0.2, -0.15) is 0 Å². The molecule has 3 rings (SSSR count). The lowest BCUT2D eigenvalue weighted by Gasteiger charge is -2.34. The largest absolute Gasteiger partial charge is 0.397 e. The summed E-state index contributed by atoms with van der Waals surface area (Å²) in [6.45, 7) is 14.1. The first-order chi connectivity index (χ1) is 15.4. The zero-order valence-corrected chi connectivity index (χ0v) is 21.4. The molecule has 0 aliphatic carbocycles. The molecule has 1 aliphatic rings. The van der Waals surface area contributed by atoms with Crippen LogP contribution in [0.1, 0.15) is 60.9 Å². The van der Waals surface area contributed by atoms with Gasteiger partial charge in [-0.3, -0.25) is 9.69 Å². The van der Waals surface area contributed by atoms with Gasteiger partial charge in [0, 0.05) is 39.6 Å². The van der Waals surface area contributed by atoms with Crippen LogP contribution in [0.4, 0.5) is 11.4 Å². The first-order valence-electron chi connectivity index (χ1n) is 11.8. The van der Waals surface area contributed by atoms with Crippen molar-refractivity contribution in [2.24, 2.45) is 11.3 Å². The summed E-state index contributed by atoms with van der Waals surface area (Å²) < 4.78 is 0. The number of carbonyl (C=O) groups is 1. The van der Waals surface area contributed by atoms with E-state index in [-0.39, 0.29) is 17.2 Å². The van der Waals surface area contributed by atoms with Crippen LogP contribution in [0.15, 0.2) is 30.3 Å². The number of carbonyl (C=O) groups excluding carboxylic acids is 1. The SMILES string of the molecule is Cc1ccc(C(c2ccc(N(C)N)c(N)c2C)C(C)(C)C)cc1CN1CCCN(C)C(=O)C1. The van der Waals surface area contributed by atoms with Crippen LogP contribution in [0.5, 0.6) is 0 Å². The zero-order valence-electron chi connectivity index (χ0n) is 21.4. The third-order valence-electron chi connectivity index (χ3n) is 6.94. The molecule has 4 N–H and O–H groups in total. The molecule has 0 bridgehead atoms. The number of benzene rings is 2. The fourth-order valence-electron chi connectivity index (χ4n) is 4.96. The summed E-state index contributed by atoms with van der Waals surface area (Å²) in [5, 5.41) is 1.57. The topological polar surface area (TPSA) is 78.8 Å². The maximum atomic E-state index is 12.4. The van der Waals surface area contributed by atoms with Crippen molar-refractivity contribution in [2.75, 3.05) is 44.5 Å². The molecule has 0 saturated carbocycles.